The molecule has 1 aromatic heterocycles. The van der Waals surface area contributed by atoms with Gasteiger partial charge < -0.3 is 14.6 Å². The molecule has 0 aliphatic carbocycles. The van der Waals surface area contributed by atoms with Gasteiger partial charge >= 0.3 is 0 Å². The van der Waals surface area contributed by atoms with E-state index in [-0.39, 0.29) is 43.1 Å². The van der Waals surface area contributed by atoms with Crippen LogP contribution >= 0.6 is 23.1 Å². The minimum Gasteiger partial charge on any atom is -0.392 e. The zero-order chi connectivity index (χ0) is 32.5. The summed E-state index contributed by atoms with van der Waals surface area (Å²) in [4.78, 5) is 27.1. The highest BCUT2D eigenvalue weighted by Crippen LogP contribution is 2.43. The van der Waals surface area contributed by atoms with E-state index in [1.54, 1.807) is 47.4 Å². The van der Waals surface area contributed by atoms with Gasteiger partial charge in [-0.3, -0.25) is 14.5 Å². The van der Waals surface area contributed by atoms with Crippen molar-refractivity contribution < 1.29 is 24.2 Å². The Morgan fingerprint density at radius 3 is 2.17 bits per heavy atom. The highest BCUT2D eigenvalue weighted by atomic mass is 32.2. The molecular weight excluding hydrogens is 631 g/mol. The Labute approximate surface area is 281 Å². The van der Waals surface area contributed by atoms with E-state index in [9.17, 15) is 14.7 Å². The average Bonchev–Trinajstić information content (AvgIpc) is 3.64. The summed E-state index contributed by atoms with van der Waals surface area (Å²) in [6, 6.07) is 30.9. The van der Waals surface area contributed by atoms with Crippen LogP contribution in [0.5, 0.6) is 0 Å². The van der Waals surface area contributed by atoms with Crippen molar-refractivity contribution in [2.45, 2.75) is 49.8 Å². The molecular formula is C37H33N3O5S2. The van der Waals surface area contributed by atoms with Crippen LogP contribution in [0.15, 0.2) is 101 Å². The maximum absolute atomic E-state index is 12.9. The van der Waals surface area contributed by atoms with Crippen molar-refractivity contribution in [2.75, 3.05) is 5.75 Å². The Morgan fingerprint density at radius 2 is 1.51 bits per heavy atom. The molecule has 2 aliphatic rings. The summed E-state index contributed by atoms with van der Waals surface area (Å²) in [6.07, 6.45) is -0.893. The lowest BCUT2D eigenvalue weighted by Crippen LogP contribution is -2.38. The number of ether oxygens (including phenoxy) is 2. The third-order valence-corrected chi connectivity index (χ3v) is 10.7. The lowest BCUT2D eigenvalue weighted by molar-refractivity contribution is -0.268. The molecule has 8 nitrogen and oxygen atoms in total. The summed E-state index contributed by atoms with van der Waals surface area (Å²) < 4.78 is 14.1. The van der Waals surface area contributed by atoms with E-state index in [1.807, 2.05) is 79.7 Å². The second-order valence-corrected chi connectivity index (χ2v) is 14.2. The number of amides is 2. The summed E-state index contributed by atoms with van der Waals surface area (Å²) >= 11 is 3.22. The van der Waals surface area contributed by atoms with Crippen LogP contribution in [0.3, 0.4) is 0 Å². The number of thioether (sulfide) groups is 1. The van der Waals surface area contributed by atoms with Crippen LogP contribution < -0.4 is 0 Å². The second-order valence-electron chi connectivity index (χ2n) is 11.8. The van der Waals surface area contributed by atoms with Crippen LogP contribution in [-0.2, 0) is 22.6 Å². The van der Waals surface area contributed by atoms with Gasteiger partial charge in [0.25, 0.3) is 11.8 Å². The SMILES string of the molecule is Cc1nnc(SC[C@@H]2O[C@H](c3ccc(-c4cccc(CN5C(=O)c6ccccc6C5=O)c4)cc3)O[C@H](c3ccc(CO)cc3)[C@@H]2C)s1. The molecule has 2 aliphatic heterocycles. The van der Waals surface area contributed by atoms with E-state index < -0.39 is 6.29 Å². The number of hydrogen-bond acceptors (Lipinski definition) is 9. The first-order valence-corrected chi connectivity index (χ1v) is 17.3. The number of aryl methyl sites for hydroxylation is 1. The Morgan fingerprint density at radius 1 is 0.809 bits per heavy atom. The minimum atomic E-state index is -0.579. The fraction of sp³-hybridized carbons (Fsp3) is 0.243. The molecule has 1 N–H and O–H groups in total. The molecule has 4 aromatic carbocycles. The fourth-order valence-electron chi connectivity index (χ4n) is 6.05. The smallest absolute Gasteiger partial charge is 0.261 e. The normalized spacial score (nSPS) is 20.9. The summed E-state index contributed by atoms with van der Waals surface area (Å²) in [7, 11) is 0. The van der Waals surface area contributed by atoms with E-state index in [2.05, 4.69) is 17.1 Å². The fourth-order valence-corrected chi connectivity index (χ4v) is 8.05. The van der Waals surface area contributed by atoms with Gasteiger partial charge in [-0.1, -0.05) is 109 Å². The lowest BCUT2D eigenvalue weighted by atomic mass is 9.91. The Kier molecular flexibility index (Phi) is 9.02. The van der Waals surface area contributed by atoms with Crippen molar-refractivity contribution in [2.24, 2.45) is 5.92 Å². The van der Waals surface area contributed by atoms with Gasteiger partial charge in [-0.25, -0.2) is 0 Å². The average molecular weight is 664 g/mol. The number of aliphatic hydroxyl groups excluding tert-OH is 1. The van der Waals surface area contributed by atoms with Gasteiger partial charge in [-0.05, 0) is 52.9 Å². The number of carbonyl (C=O) groups is 2. The molecule has 0 bridgehead atoms. The standard InChI is InChI=1S/C37H33N3O5S2/c1-22-32(21-46-37-39-38-23(2)47-37)44-36(45-33(22)27-12-10-24(20-41)11-13-27)28-16-14-26(15-17-28)29-7-5-6-25(18-29)19-40-34(42)30-8-3-4-9-31(30)35(40)43/h3-18,22,32-33,36,41H,19-21H2,1-2H3/t22-,32+,33+,36+/m1/s1. The topological polar surface area (TPSA) is 102 Å². The molecule has 1 saturated heterocycles. The van der Waals surface area contributed by atoms with Crippen LogP contribution in [-0.4, -0.2) is 43.9 Å². The zero-order valence-corrected chi connectivity index (χ0v) is 27.5. The van der Waals surface area contributed by atoms with E-state index in [4.69, 9.17) is 9.47 Å². The number of aromatic nitrogens is 2. The number of hydrogen-bond donors (Lipinski definition) is 1. The maximum Gasteiger partial charge on any atom is 0.261 e. The van der Waals surface area contributed by atoms with E-state index in [0.717, 1.165) is 42.7 Å². The number of rotatable bonds is 9. The van der Waals surface area contributed by atoms with Crippen molar-refractivity contribution in [1.29, 1.82) is 0 Å². The van der Waals surface area contributed by atoms with Crippen molar-refractivity contribution >= 4 is 34.9 Å². The predicted molar refractivity (Wildman–Crippen MR) is 181 cm³/mol. The lowest BCUT2D eigenvalue weighted by Gasteiger charge is -2.41. The predicted octanol–water partition coefficient (Wildman–Crippen LogP) is 7.39. The Balaban J connectivity index is 1.09. The van der Waals surface area contributed by atoms with E-state index in [1.165, 1.54) is 4.90 Å². The number of carbonyl (C=O) groups excluding carboxylic acids is 2. The molecule has 1 fully saturated rings. The third kappa shape index (κ3) is 6.52. The quantitative estimate of drug-likeness (QED) is 0.129. The number of benzene rings is 4. The third-order valence-electron chi connectivity index (χ3n) is 8.66. The van der Waals surface area contributed by atoms with E-state index >= 15 is 0 Å². The van der Waals surface area contributed by atoms with Gasteiger partial charge in [0.05, 0.1) is 36.5 Å². The molecule has 0 unspecified atom stereocenters. The van der Waals surface area contributed by atoms with Crippen molar-refractivity contribution in [1.82, 2.24) is 15.1 Å². The summed E-state index contributed by atoms with van der Waals surface area (Å²) in [5.74, 6) is 0.246. The Bertz CT molecular complexity index is 1880. The van der Waals surface area contributed by atoms with Gasteiger partial charge in [0.2, 0.25) is 0 Å². The summed E-state index contributed by atoms with van der Waals surface area (Å²) in [5, 5.41) is 18.9. The van der Waals surface area contributed by atoms with Crippen LogP contribution in [0.1, 0.15) is 67.3 Å². The highest BCUT2D eigenvalue weighted by Gasteiger charge is 2.39. The molecule has 4 atom stereocenters. The summed E-state index contributed by atoms with van der Waals surface area (Å²) in [5.41, 5.74) is 6.54. The molecule has 0 spiro atoms. The largest absolute Gasteiger partial charge is 0.392 e. The van der Waals surface area contributed by atoms with Crippen molar-refractivity contribution in [3.05, 3.63) is 135 Å². The van der Waals surface area contributed by atoms with Gasteiger partial charge in [0, 0.05) is 17.2 Å². The van der Waals surface area contributed by atoms with Crippen LogP contribution in [0.4, 0.5) is 0 Å². The van der Waals surface area contributed by atoms with Crippen molar-refractivity contribution in [3.63, 3.8) is 0 Å². The minimum absolute atomic E-state index is 0.00829. The highest BCUT2D eigenvalue weighted by molar-refractivity contribution is 8.01. The number of fused-ring (bicyclic) bond motifs is 1. The molecule has 5 aromatic rings. The second kappa shape index (κ2) is 13.5. The van der Waals surface area contributed by atoms with Gasteiger partial charge in [0.15, 0.2) is 10.6 Å². The maximum atomic E-state index is 12.9. The molecule has 10 heteroatoms. The first-order valence-electron chi connectivity index (χ1n) is 15.5. The van der Waals surface area contributed by atoms with Crippen LogP contribution in [0, 0.1) is 12.8 Å². The van der Waals surface area contributed by atoms with Crippen LogP contribution in [0.2, 0.25) is 0 Å². The van der Waals surface area contributed by atoms with E-state index in [0.29, 0.717) is 16.9 Å². The van der Waals surface area contributed by atoms with Crippen molar-refractivity contribution in [3.8, 4) is 11.1 Å². The molecule has 47 heavy (non-hydrogen) atoms. The number of imide groups is 1. The molecule has 0 radical (unpaired) electrons. The van der Waals surface area contributed by atoms with Gasteiger partial charge in [-0.15, -0.1) is 10.2 Å². The zero-order valence-electron chi connectivity index (χ0n) is 25.9. The molecule has 7 rings (SSSR count). The molecule has 238 valence electrons. The first-order chi connectivity index (χ1) is 22.9. The molecule has 0 saturated carbocycles. The van der Waals surface area contributed by atoms with Gasteiger partial charge in [-0.2, -0.15) is 0 Å². The number of aliphatic hydroxyl groups is 1. The molecule has 3 heterocycles. The van der Waals surface area contributed by atoms with Gasteiger partial charge in [0.1, 0.15) is 5.01 Å². The molecule has 2 amide bonds. The first kappa shape index (κ1) is 31.4. The summed E-state index contributed by atoms with van der Waals surface area (Å²) in [6.45, 7) is 4.30. The monoisotopic (exact) mass is 663 g/mol. The number of nitrogens with zero attached hydrogens (tertiary/aromatic N) is 3. The van der Waals surface area contributed by atoms with Crippen LogP contribution in [0.25, 0.3) is 11.1 Å². The Hall–Kier alpha value is -4.19.